The smallest absolute Gasteiger partial charge is 0.271 e. The van der Waals surface area contributed by atoms with Gasteiger partial charge in [0.1, 0.15) is 23.0 Å². The summed E-state index contributed by atoms with van der Waals surface area (Å²) in [5.74, 6) is 0.00796. The van der Waals surface area contributed by atoms with Gasteiger partial charge >= 0.3 is 0 Å². The Kier molecular flexibility index (Phi) is 13.0. The zero-order chi connectivity index (χ0) is 34.0. The Labute approximate surface area is 279 Å². The first kappa shape index (κ1) is 36.8. The number of hydrogen-bond acceptors (Lipinski definition) is 12. The molecule has 0 unspecified atom stereocenters. The molecule has 0 spiro atoms. The van der Waals surface area contributed by atoms with Crippen LogP contribution in [0.25, 0.3) is 21.5 Å². The van der Waals surface area contributed by atoms with Gasteiger partial charge in [0.15, 0.2) is 0 Å². The summed E-state index contributed by atoms with van der Waals surface area (Å²) in [6.45, 7) is 0. The second kappa shape index (κ2) is 16.6. The van der Waals surface area contributed by atoms with E-state index < -0.39 is 9.85 Å². The first-order valence-corrected chi connectivity index (χ1v) is 13.2. The van der Waals surface area contributed by atoms with E-state index in [1.165, 1.54) is 24.3 Å². The number of nitro benzene ring substituents is 2. The third-order valence-electron chi connectivity index (χ3n) is 6.34. The van der Waals surface area contributed by atoms with Crippen molar-refractivity contribution in [1.29, 1.82) is 0 Å². The SMILES string of the molecule is Nc1c(O)ccc2ccccc12.Nc1c(O)ccc2ccccc12.Nc1cc([N+](=O)[O-])ccc1O.Nc1cc([N+](=O)[O-])ccc1O.[V]. The first-order valence-electron chi connectivity index (χ1n) is 13.2. The fraction of sp³-hybridized carbons (Fsp3) is 0. The molecule has 6 aromatic rings. The molecule has 241 valence electrons. The minimum absolute atomic E-state index is 0. The molecule has 15 heteroatoms. The van der Waals surface area contributed by atoms with Gasteiger partial charge in [-0.15, -0.1) is 0 Å². The molecule has 14 nitrogen and oxygen atoms in total. The largest absolute Gasteiger partial charge is 0.506 e. The molecule has 47 heavy (non-hydrogen) atoms. The quantitative estimate of drug-likeness (QED) is 0.0452. The van der Waals surface area contributed by atoms with Crippen LogP contribution >= 0.6 is 0 Å². The van der Waals surface area contributed by atoms with E-state index >= 15 is 0 Å². The van der Waals surface area contributed by atoms with Crippen LogP contribution in [0.15, 0.2) is 109 Å². The van der Waals surface area contributed by atoms with Crippen molar-refractivity contribution < 1.29 is 48.8 Å². The Bertz CT molecular complexity index is 1880. The maximum absolute atomic E-state index is 10.1. The van der Waals surface area contributed by atoms with Crippen LogP contribution in [0.5, 0.6) is 23.0 Å². The van der Waals surface area contributed by atoms with Crippen LogP contribution in [-0.2, 0) is 18.6 Å². The fourth-order valence-corrected chi connectivity index (χ4v) is 3.88. The van der Waals surface area contributed by atoms with Crippen LogP contribution < -0.4 is 22.9 Å². The molecule has 1 radical (unpaired) electrons. The molecule has 6 aromatic carbocycles. The topological polar surface area (TPSA) is 271 Å². The van der Waals surface area contributed by atoms with Crippen molar-refractivity contribution in [3.05, 3.63) is 129 Å². The van der Waals surface area contributed by atoms with Crippen LogP contribution in [0.2, 0.25) is 0 Å². The van der Waals surface area contributed by atoms with Crippen LogP contribution in [0, 0.1) is 20.2 Å². The molecule has 0 bridgehead atoms. The number of hydrogen-bond donors (Lipinski definition) is 8. The second-order valence-corrected chi connectivity index (χ2v) is 9.44. The van der Waals surface area contributed by atoms with Crippen LogP contribution in [-0.4, -0.2) is 30.3 Å². The zero-order valence-electron chi connectivity index (χ0n) is 24.5. The predicted octanol–water partition coefficient (Wildman–Crippen LogP) is 6.02. The molecule has 6 rings (SSSR count). The van der Waals surface area contributed by atoms with Crippen LogP contribution in [0.4, 0.5) is 34.1 Å². The number of benzene rings is 6. The van der Waals surface area contributed by atoms with Gasteiger partial charge in [-0.05, 0) is 35.0 Å². The molecular formula is C32H30N6O8V. The van der Waals surface area contributed by atoms with Crippen molar-refractivity contribution >= 4 is 55.7 Å². The normalized spacial score (nSPS) is 9.70. The summed E-state index contributed by atoms with van der Waals surface area (Å²) in [6, 6.07) is 29.3. The Morgan fingerprint density at radius 3 is 1.11 bits per heavy atom. The van der Waals surface area contributed by atoms with E-state index in [-0.39, 0.29) is 64.3 Å². The van der Waals surface area contributed by atoms with Gasteiger partial charge in [-0.2, -0.15) is 0 Å². The third kappa shape index (κ3) is 9.81. The Balaban J connectivity index is 0.000000217. The van der Waals surface area contributed by atoms with Crippen molar-refractivity contribution in [2.24, 2.45) is 0 Å². The molecule has 0 fully saturated rings. The summed E-state index contributed by atoms with van der Waals surface area (Å²) in [5, 5.41) is 60.5. The van der Waals surface area contributed by atoms with Crippen molar-refractivity contribution in [3.63, 3.8) is 0 Å². The van der Waals surface area contributed by atoms with E-state index in [1.54, 1.807) is 12.1 Å². The number of non-ortho nitro benzene ring substituents is 2. The van der Waals surface area contributed by atoms with E-state index in [0.717, 1.165) is 33.7 Å². The van der Waals surface area contributed by atoms with Gasteiger partial charge in [-0.1, -0.05) is 60.7 Å². The number of phenols is 4. The van der Waals surface area contributed by atoms with Gasteiger partial charge in [0.05, 0.1) is 32.6 Å². The summed E-state index contributed by atoms with van der Waals surface area (Å²) in [4.78, 5) is 19.1. The maximum Gasteiger partial charge on any atom is 0.271 e. The second-order valence-electron chi connectivity index (χ2n) is 9.44. The van der Waals surface area contributed by atoms with Crippen molar-refractivity contribution in [1.82, 2.24) is 0 Å². The number of nitrogen functional groups attached to an aromatic ring is 4. The number of anilines is 4. The summed E-state index contributed by atoms with van der Waals surface area (Å²) in [6.07, 6.45) is 0. The predicted molar refractivity (Wildman–Crippen MR) is 178 cm³/mol. The van der Waals surface area contributed by atoms with E-state index in [4.69, 9.17) is 33.1 Å². The maximum atomic E-state index is 10.1. The molecule has 0 amide bonds. The number of rotatable bonds is 2. The Morgan fingerprint density at radius 2 is 0.787 bits per heavy atom. The monoisotopic (exact) mass is 677 g/mol. The average molecular weight is 678 g/mol. The number of aromatic hydroxyl groups is 4. The van der Waals surface area contributed by atoms with Gasteiger partial charge in [0, 0.05) is 53.6 Å². The standard InChI is InChI=1S/2C10H9NO.2C6H6N2O3.V/c2*11-10-8-4-2-1-3-7(8)5-6-9(10)12;2*7-5-3-4(8(10)11)1-2-6(5)9;/h2*1-6,12H,11H2;2*1-3,9H,7H2;. The van der Waals surface area contributed by atoms with Crippen LogP contribution in [0.1, 0.15) is 0 Å². The van der Waals surface area contributed by atoms with E-state index in [9.17, 15) is 30.4 Å². The van der Waals surface area contributed by atoms with Gasteiger partial charge < -0.3 is 43.4 Å². The number of nitro groups is 2. The third-order valence-corrected chi connectivity index (χ3v) is 6.34. The van der Waals surface area contributed by atoms with Crippen molar-refractivity contribution in [2.45, 2.75) is 0 Å². The summed E-state index contributed by atoms with van der Waals surface area (Å²) >= 11 is 0. The molecule has 0 saturated heterocycles. The van der Waals surface area contributed by atoms with Gasteiger partial charge in [-0.3, -0.25) is 20.2 Å². The van der Waals surface area contributed by atoms with Gasteiger partial charge in [0.2, 0.25) is 0 Å². The van der Waals surface area contributed by atoms with E-state index in [0.29, 0.717) is 11.4 Å². The number of phenolic OH excluding ortho intramolecular Hbond substituents is 4. The summed E-state index contributed by atoms with van der Waals surface area (Å²) in [5.41, 5.74) is 22.4. The Morgan fingerprint density at radius 1 is 0.468 bits per heavy atom. The molecule has 0 aliphatic rings. The van der Waals surface area contributed by atoms with Crippen LogP contribution in [0.3, 0.4) is 0 Å². The zero-order valence-corrected chi connectivity index (χ0v) is 25.9. The minimum Gasteiger partial charge on any atom is -0.506 e. The minimum atomic E-state index is -0.574. The number of nitrogens with zero attached hydrogens (tertiary/aromatic N) is 2. The van der Waals surface area contributed by atoms with Gasteiger partial charge in [0.25, 0.3) is 11.4 Å². The summed E-state index contributed by atoms with van der Waals surface area (Å²) in [7, 11) is 0. The summed E-state index contributed by atoms with van der Waals surface area (Å²) < 4.78 is 0. The van der Waals surface area contributed by atoms with E-state index in [1.807, 2.05) is 60.7 Å². The molecule has 12 N–H and O–H groups in total. The molecule has 0 atom stereocenters. The molecule has 0 heterocycles. The Hall–Kier alpha value is -6.38. The molecule has 0 saturated carbocycles. The van der Waals surface area contributed by atoms with Gasteiger partial charge in [-0.25, -0.2) is 0 Å². The number of nitrogens with two attached hydrogens (primary N) is 4. The van der Waals surface area contributed by atoms with E-state index in [2.05, 4.69) is 0 Å². The fourth-order valence-electron chi connectivity index (χ4n) is 3.88. The van der Waals surface area contributed by atoms with Crippen molar-refractivity contribution in [3.8, 4) is 23.0 Å². The van der Waals surface area contributed by atoms with Crippen molar-refractivity contribution in [2.75, 3.05) is 22.9 Å². The average Bonchev–Trinajstić information content (AvgIpc) is 3.04. The molecule has 0 aliphatic heterocycles. The molecule has 0 aliphatic carbocycles. The number of fused-ring (bicyclic) bond motifs is 2. The first-order chi connectivity index (χ1) is 21.8. The molecular weight excluding hydrogens is 647 g/mol. The molecule has 0 aromatic heterocycles.